The fourth-order valence-electron chi connectivity index (χ4n) is 2.13. The number of methoxy groups -OCH3 is 1. The summed E-state index contributed by atoms with van der Waals surface area (Å²) in [5, 5.41) is 0. The highest BCUT2D eigenvalue weighted by Gasteiger charge is 2.10. The molecule has 0 saturated heterocycles. The van der Waals surface area contributed by atoms with Gasteiger partial charge in [0.25, 0.3) is 0 Å². The molecule has 2 aromatic carbocycles. The molecule has 0 bridgehead atoms. The maximum atomic E-state index is 5.63. The van der Waals surface area contributed by atoms with Crippen LogP contribution in [0.4, 0.5) is 5.69 Å². The van der Waals surface area contributed by atoms with Crippen LogP contribution in [-0.2, 0) is 0 Å². The van der Waals surface area contributed by atoms with Gasteiger partial charge in [-0.1, -0.05) is 12.1 Å². The van der Waals surface area contributed by atoms with Crippen LogP contribution in [0.3, 0.4) is 0 Å². The van der Waals surface area contributed by atoms with Gasteiger partial charge in [0.1, 0.15) is 0 Å². The molecule has 4 heteroatoms. The minimum atomic E-state index is 0.584. The molecule has 22 heavy (non-hydrogen) atoms. The first kappa shape index (κ1) is 16.6. The highest BCUT2D eigenvalue weighted by atomic mass is 79.9. The van der Waals surface area contributed by atoms with E-state index in [0.717, 1.165) is 21.3 Å². The summed E-state index contributed by atoms with van der Waals surface area (Å²) in [6.07, 6.45) is 1.84. The predicted octanol–water partition coefficient (Wildman–Crippen LogP) is 5.22. The van der Waals surface area contributed by atoms with Gasteiger partial charge < -0.3 is 9.47 Å². The minimum Gasteiger partial charge on any atom is -0.492 e. The van der Waals surface area contributed by atoms with E-state index >= 15 is 0 Å². The average Bonchev–Trinajstić information content (AvgIpc) is 2.48. The number of aliphatic imine (C=N–C) groups is 1. The number of hydrogen-bond donors (Lipinski definition) is 0. The lowest BCUT2D eigenvalue weighted by Crippen LogP contribution is -1.97. The van der Waals surface area contributed by atoms with E-state index in [4.69, 9.17) is 9.47 Å². The van der Waals surface area contributed by atoms with E-state index in [9.17, 15) is 0 Å². The van der Waals surface area contributed by atoms with Gasteiger partial charge in [0.05, 0.1) is 23.9 Å². The smallest absolute Gasteiger partial charge is 0.174 e. The van der Waals surface area contributed by atoms with E-state index in [2.05, 4.69) is 53.0 Å². The molecule has 0 aliphatic carbocycles. The molecule has 0 N–H and O–H groups in total. The van der Waals surface area contributed by atoms with E-state index in [1.54, 1.807) is 7.11 Å². The molecule has 0 aromatic heterocycles. The van der Waals surface area contributed by atoms with Gasteiger partial charge >= 0.3 is 0 Å². The molecular formula is C18H20BrNO2. The van der Waals surface area contributed by atoms with E-state index in [-0.39, 0.29) is 0 Å². The van der Waals surface area contributed by atoms with E-state index in [1.165, 1.54) is 5.56 Å². The standard InChI is InChI=1S/C18H20BrNO2/c1-5-22-17-10-14(9-15(19)18(17)21-4)11-20-16-8-12(2)6-7-13(16)3/h6-11H,5H2,1-4H3. The maximum absolute atomic E-state index is 5.63. The van der Waals surface area contributed by atoms with Gasteiger partial charge in [-0.05, 0) is 71.6 Å². The van der Waals surface area contributed by atoms with Crippen molar-refractivity contribution < 1.29 is 9.47 Å². The van der Waals surface area contributed by atoms with Gasteiger partial charge in [0, 0.05) is 6.21 Å². The van der Waals surface area contributed by atoms with Gasteiger partial charge in [-0.15, -0.1) is 0 Å². The second-order valence-corrected chi connectivity index (χ2v) is 5.87. The van der Waals surface area contributed by atoms with Crippen LogP contribution >= 0.6 is 15.9 Å². The maximum Gasteiger partial charge on any atom is 0.174 e. The molecule has 0 fully saturated rings. The number of ether oxygens (including phenoxy) is 2. The predicted molar refractivity (Wildman–Crippen MR) is 95.0 cm³/mol. The Balaban J connectivity index is 2.36. The monoisotopic (exact) mass is 361 g/mol. The Labute approximate surface area is 140 Å². The van der Waals surface area contributed by atoms with Crippen LogP contribution in [-0.4, -0.2) is 19.9 Å². The summed E-state index contributed by atoms with van der Waals surface area (Å²) in [7, 11) is 1.63. The fraction of sp³-hybridized carbons (Fsp3) is 0.278. The van der Waals surface area contributed by atoms with Crippen molar-refractivity contribution in [3.63, 3.8) is 0 Å². The summed E-state index contributed by atoms with van der Waals surface area (Å²) in [4.78, 5) is 4.59. The molecule has 0 atom stereocenters. The Morgan fingerprint density at radius 1 is 1.18 bits per heavy atom. The third-order valence-corrected chi connectivity index (χ3v) is 3.84. The first-order valence-electron chi connectivity index (χ1n) is 7.16. The van der Waals surface area contributed by atoms with E-state index < -0.39 is 0 Å². The molecule has 0 heterocycles. The van der Waals surface area contributed by atoms with Gasteiger partial charge in [-0.3, -0.25) is 4.99 Å². The van der Waals surface area contributed by atoms with E-state index in [1.807, 2.05) is 25.3 Å². The highest BCUT2D eigenvalue weighted by Crippen LogP contribution is 2.36. The van der Waals surface area contributed by atoms with Crippen molar-refractivity contribution in [2.45, 2.75) is 20.8 Å². The second-order valence-electron chi connectivity index (χ2n) is 5.02. The van der Waals surface area contributed by atoms with Crippen molar-refractivity contribution in [2.24, 2.45) is 4.99 Å². The number of aryl methyl sites for hydroxylation is 2. The summed E-state index contributed by atoms with van der Waals surface area (Å²) >= 11 is 3.51. The van der Waals surface area contributed by atoms with Gasteiger partial charge in [0.2, 0.25) is 0 Å². The molecule has 3 nitrogen and oxygen atoms in total. The molecule has 2 aromatic rings. The van der Waals surface area contributed by atoms with Crippen molar-refractivity contribution in [1.29, 1.82) is 0 Å². The minimum absolute atomic E-state index is 0.584. The Hall–Kier alpha value is -1.81. The molecule has 0 radical (unpaired) electrons. The lowest BCUT2D eigenvalue weighted by Gasteiger charge is -2.11. The first-order chi connectivity index (χ1) is 10.5. The van der Waals surface area contributed by atoms with Crippen LogP contribution in [0.5, 0.6) is 11.5 Å². The summed E-state index contributed by atoms with van der Waals surface area (Å²) in [6, 6.07) is 10.1. The van der Waals surface area contributed by atoms with Crippen molar-refractivity contribution in [2.75, 3.05) is 13.7 Å². The number of hydrogen-bond acceptors (Lipinski definition) is 3. The third kappa shape index (κ3) is 3.89. The van der Waals surface area contributed by atoms with Crippen LogP contribution in [0.1, 0.15) is 23.6 Å². The Kier molecular flexibility index (Phi) is 5.61. The number of rotatable bonds is 5. The molecule has 0 saturated carbocycles. The topological polar surface area (TPSA) is 30.8 Å². The normalized spacial score (nSPS) is 11.0. The molecule has 0 amide bonds. The largest absolute Gasteiger partial charge is 0.492 e. The summed E-state index contributed by atoms with van der Waals surface area (Å²) in [5.41, 5.74) is 4.28. The van der Waals surface area contributed by atoms with Crippen LogP contribution in [0.2, 0.25) is 0 Å². The van der Waals surface area contributed by atoms with Crippen LogP contribution < -0.4 is 9.47 Å². The number of benzene rings is 2. The summed E-state index contributed by atoms with van der Waals surface area (Å²) in [5.74, 6) is 1.41. The third-order valence-electron chi connectivity index (χ3n) is 3.25. The van der Waals surface area contributed by atoms with Crippen LogP contribution in [0.15, 0.2) is 39.8 Å². The van der Waals surface area contributed by atoms with Crippen LogP contribution in [0.25, 0.3) is 0 Å². The highest BCUT2D eigenvalue weighted by molar-refractivity contribution is 9.10. The zero-order valence-electron chi connectivity index (χ0n) is 13.3. The quantitative estimate of drug-likeness (QED) is 0.683. The lowest BCUT2D eigenvalue weighted by molar-refractivity contribution is 0.310. The first-order valence-corrected chi connectivity index (χ1v) is 7.96. The van der Waals surface area contributed by atoms with Crippen LogP contribution in [0, 0.1) is 13.8 Å². The molecule has 116 valence electrons. The van der Waals surface area contributed by atoms with Crippen molar-refractivity contribution in [3.05, 3.63) is 51.5 Å². The Morgan fingerprint density at radius 3 is 2.64 bits per heavy atom. The zero-order valence-corrected chi connectivity index (χ0v) is 14.9. The molecule has 0 unspecified atom stereocenters. The second kappa shape index (κ2) is 7.45. The zero-order chi connectivity index (χ0) is 16.1. The number of halogens is 1. The SMILES string of the molecule is CCOc1cc(C=Nc2cc(C)ccc2C)cc(Br)c1OC. The molecular weight excluding hydrogens is 342 g/mol. The molecule has 2 rings (SSSR count). The average molecular weight is 362 g/mol. The van der Waals surface area contributed by atoms with Crippen molar-refractivity contribution >= 4 is 27.8 Å². The molecule has 0 aliphatic rings. The molecule has 0 aliphatic heterocycles. The van der Waals surface area contributed by atoms with Crippen molar-refractivity contribution in [3.8, 4) is 11.5 Å². The summed E-state index contributed by atoms with van der Waals surface area (Å²) < 4.78 is 11.8. The van der Waals surface area contributed by atoms with Gasteiger partial charge in [-0.2, -0.15) is 0 Å². The summed E-state index contributed by atoms with van der Waals surface area (Å²) in [6.45, 7) is 6.65. The van der Waals surface area contributed by atoms with Crippen molar-refractivity contribution in [1.82, 2.24) is 0 Å². The van der Waals surface area contributed by atoms with Gasteiger partial charge in [-0.25, -0.2) is 0 Å². The lowest BCUT2D eigenvalue weighted by atomic mass is 10.1. The Bertz CT molecular complexity index is 696. The number of nitrogens with zero attached hydrogens (tertiary/aromatic N) is 1. The fourth-order valence-corrected chi connectivity index (χ4v) is 2.75. The Morgan fingerprint density at radius 2 is 1.95 bits per heavy atom. The van der Waals surface area contributed by atoms with E-state index in [0.29, 0.717) is 18.1 Å². The molecule has 0 spiro atoms. The van der Waals surface area contributed by atoms with Gasteiger partial charge in [0.15, 0.2) is 11.5 Å².